The second kappa shape index (κ2) is 5.17. The molecule has 0 radical (unpaired) electrons. The molecule has 0 aliphatic rings. The van der Waals surface area contributed by atoms with E-state index in [0.717, 1.165) is 0 Å². The van der Waals surface area contributed by atoms with Gasteiger partial charge in [-0.3, -0.25) is 14.4 Å². The van der Waals surface area contributed by atoms with Crippen LogP contribution in [-0.2, 0) is 17.1 Å². The molecular formula is C11H13N5O2S2. The van der Waals surface area contributed by atoms with Crippen molar-refractivity contribution >= 4 is 32.9 Å². The number of thiocarbonyl (C=S) groups is 1. The largest absolute Gasteiger partial charge is 0.388 e. The zero-order valence-electron chi connectivity index (χ0n) is 10.9. The van der Waals surface area contributed by atoms with Crippen molar-refractivity contribution in [2.45, 2.75) is 11.8 Å². The second-order valence-corrected chi connectivity index (χ2v) is 6.27. The Bertz CT molecular complexity index is 750. The summed E-state index contributed by atoms with van der Waals surface area (Å²) in [6.45, 7) is 1.71. The maximum atomic E-state index is 12.2. The number of anilines is 1. The van der Waals surface area contributed by atoms with Gasteiger partial charge in [-0.15, -0.1) is 0 Å². The number of pyridine rings is 1. The van der Waals surface area contributed by atoms with Crippen molar-refractivity contribution < 1.29 is 8.42 Å². The number of nitrogens with one attached hydrogen (secondary N) is 1. The Morgan fingerprint density at radius 1 is 1.45 bits per heavy atom. The van der Waals surface area contributed by atoms with Gasteiger partial charge in [0.25, 0.3) is 10.0 Å². The van der Waals surface area contributed by atoms with E-state index in [1.165, 1.54) is 23.0 Å². The third kappa shape index (κ3) is 2.94. The minimum Gasteiger partial charge on any atom is -0.388 e. The standard InChI is InChI=1S/C11H13N5O2S2/c1-7-10(6-16(2)14-7)15-20(17,18)8-3-4-9(11(12)19)13-5-8/h3-6,15H,1-2H3,(H2,12,19). The molecule has 0 atom stereocenters. The molecule has 0 spiro atoms. The highest BCUT2D eigenvalue weighted by molar-refractivity contribution is 7.92. The summed E-state index contributed by atoms with van der Waals surface area (Å²) < 4.78 is 28.4. The van der Waals surface area contributed by atoms with Crippen molar-refractivity contribution in [2.24, 2.45) is 12.8 Å². The van der Waals surface area contributed by atoms with Gasteiger partial charge in [0.15, 0.2) is 0 Å². The number of sulfonamides is 1. The number of hydrogen-bond donors (Lipinski definition) is 2. The van der Waals surface area contributed by atoms with E-state index in [-0.39, 0.29) is 9.88 Å². The third-order valence-electron chi connectivity index (χ3n) is 2.56. The van der Waals surface area contributed by atoms with Crippen LogP contribution in [0.1, 0.15) is 11.4 Å². The lowest BCUT2D eigenvalue weighted by Gasteiger charge is -2.07. The summed E-state index contributed by atoms with van der Waals surface area (Å²) >= 11 is 4.76. The summed E-state index contributed by atoms with van der Waals surface area (Å²) in [6, 6.07) is 2.86. The van der Waals surface area contributed by atoms with Crippen molar-refractivity contribution in [1.29, 1.82) is 0 Å². The first-order valence-electron chi connectivity index (χ1n) is 5.58. The highest BCUT2D eigenvalue weighted by Gasteiger charge is 2.17. The maximum Gasteiger partial charge on any atom is 0.263 e. The minimum absolute atomic E-state index is 0.0285. The number of aryl methyl sites for hydroxylation is 2. The topological polar surface area (TPSA) is 103 Å². The van der Waals surface area contributed by atoms with Gasteiger partial charge in [-0.1, -0.05) is 12.2 Å². The number of hydrogen-bond acceptors (Lipinski definition) is 5. The van der Waals surface area contributed by atoms with E-state index in [0.29, 0.717) is 17.1 Å². The summed E-state index contributed by atoms with van der Waals surface area (Å²) in [6.07, 6.45) is 2.80. The van der Waals surface area contributed by atoms with Crippen LogP contribution in [0.5, 0.6) is 0 Å². The van der Waals surface area contributed by atoms with E-state index in [9.17, 15) is 8.42 Å². The highest BCUT2D eigenvalue weighted by atomic mass is 32.2. The van der Waals surface area contributed by atoms with Gasteiger partial charge < -0.3 is 5.73 Å². The molecule has 7 nitrogen and oxygen atoms in total. The minimum atomic E-state index is -3.71. The van der Waals surface area contributed by atoms with E-state index >= 15 is 0 Å². The summed E-state index contributed by atoms with van der Waals surface area (Å²) in [7, 11) is -2.00. The Labute approximate surface area is 121 Å². The molecule has 20 heavy (non-hydrogen) atoms. The number of aromatic nitrogens is 3. The summed E-state index contributed by atoms with van der Waals surface area (Å²) in [5.41, 5.74) is 6.79. The molecule has 0 aliphatic heterocycles. The first-order valence-corrected chi connectivity index (χ1v) is 7.47. The summed E-state index contributed by atoms with van der Waals surface area (Å²) in [5, 5.41) is 4.07. The molecule has 2 aromatic rings. The van der Waals surface area contributed by atoms with Gasteiger partial charge >= 0.3 is 0 Å². The smallest absolute Gasteiger partial charge is 0.263 e. The van der Waals surface area contributed by atoms with E-state index in [1.54, 1.807) is 20.2 Å². The Kier molecular flexibility index (Phi) is 3.73. The van der Waals surface area contributed by atoms with E-state index < -0.39 is 10.0 Å². The predicted molar refractivity (Wildman–Crippen MR) is 78.9 cm³/mol. The average molecular weight is 311 g/mol. The molecule has 2 aromatic heterocycles. The molecule has 106 valence electrons. The fourth-order valence-corrected chi connectivity index (χ4v) is 2.76. The first-order chi connectivity index (χ1) is 9.29. The van der Waals surface area contributed by atoms with Gasteiger partial charge in [0.05, 0.1) is 17.1 Å². The van der Waals surface area contributed by atoms with Crippen LogP contribution in [0.4, 0.5) is 5.69 Å². The van der Waals surface area contributed by atoms with E-state index in [1.807, 2.05) is 0 Å². The van der Waals surface area contributed by atoms with Crippen LogP contribution in [0.3, 0.4) is 0 Å². The van der Waals surface area contributed by atoms with Crippen LogP contribution in [0.15, 0.2) is 29.4 Å². The average Bonchev–Trinajstić information content (AvgIpc) is 2.67. The molecule has 2 rings (SSSR count). The molecule has 0 bridgehead atoms. The van der Waals surface area contributed by atoms with Crippen molar-refractivity contribution in [2.75, 3.05) is 4.72 Å². The molecule has 0 aliphatic carbocycles. The predicted octanol–water partition coefficient (Wildman–Crippen LogP) is 0.559. The monoisotopic (exact) mass is 311 g/mol. The lowest BCUT2D eigenvalue weighted by molar-refractivity contribution is 0.600. The molecule has 0 amide bonds. The Hall–Kier alpha value is -2.00. The molecule has 2 heterocycles. The van der Waals surface area contributed by atoms with Crippen molar-refractivity contribution in [3.05, 3.63) is 35.9 Å². The van der Waals surface area contributed by atoms with E-state index in [2.05, 4.69) is 14.8 Å². The molecule has 0 saturated heterocycles. The van der Waals surface area contributed by atoms with Crippen LogP contribution in [0.25, 0.3) is 0 Å². The fraction of sp³-hybridized carbons (Fsp3) is 0.182. The molecular weight excluding hydrogens is 298 g/mol. The number of nitrogens with zero attached hydrogens (tertiary/aromatic N) is 3. The lowest BCUT2D eigenvalue weighted by atomic mass is 10.3. The zero-order chi connectivity index (χ0) is 14.9. The Morgan fingerprint density at radius 3 is 2.60 bits per heavy atom. The molecule has 3 N–H and O–H groups in total. The summed E-state index contributed by atoms with van der Waals surface area (Å²) in [4.78, 5) is 4.05. The third-order valence-corrected chi connectivity index (χ3v) is 4.12. The normalized spacial score (nSPS) is 11.3. The molecule has 0 fully saturated rings. The highest BCUT2D eigenvalue weighted by Crippen LogP contribution is 2.18. The zero-order valence-corrected chi connectivity index (χ0v) is 12.5. The SMILES string of the molecule is Cc1nn(C)cc1NS(=O)(=O)c1ccc(C(N)=S)nc1. The van der Waals surface area contributed by atoms with Gasteiger partial charge in [0.2, 0.25) is 0 Å². The molecule has 0 saturated carbocycles. The fourth-order valence-electron chi connectivity index (χ4n) is 1.59. The van der Waals surface area contributed by atoms with Gasteiger partial charge in [0.1, 0.15) is 9.88 Å². The van der Waals surface area contributed by atoms with Crippen LogP contribution >= 0.6 is 12.2 Å². The first kappa shape index (κ1) is 14.4. The van der Waals surface area contributed by atoms with Gasteiger partial charge in [-0.05, 0) is 19.1 Å². The van der Waals surface area contributed by atoms with Crippen LogP contribution in [-0.4, -0.2) is 28.2 Å². The van der Waals surface area contributed by atoms with Crippen LogP contribution < -0.4 is 10.5 Å². The maximum absolute atomic E-state index is 12.2. The second-order valence-electron chi connectivity index (χ2n) is 4.15. The molecule has 0 unspecified atom stereocenters. The van der Waals surface area contributed by atoms with Crippen molar-refractivity contribution in [3.8, 4) is 0 Å². The Balaban J connectivity index is 2.30. The van der Waals surface area contributed by atoms with Crippen LogP contribution in [0, 0.1) is 6.92 Å². The van der Waals surface area contributed by atoms with Gasteiger partial charge in [-0.25, -0.2) is 8.42 Å². The van der Waals surface area contributed by atoms with Crippen LogP contribution in [0.2, 0.25) is 0 Å². The lowest BCUT2D eigenvalue weighted by Crippen LogP contribution is -2.15. The van der Waals surface area contributed by atoms with Crippen molar-refractivity contribution in [1.82, 2.24) is 14.8 Å². The number of nitrogens with two attached hydrogens (primary N) is 1. The van der Waals surface area contributed by atoms with Gasteiger partial charge in [0, 0.05) is 19.4 Å². The summed E-state index contributed by atoms with van der Waals surface area (Å²) in [5.74, 6) is 0. The number of rotatable bonds is 4. The van der Waals surface area contributed by atoms with Crippen molar-refractivity contribution in [3.63, 3.8) is 0 Å². The molecule has 0 aromatic carbocycles. The quantitative estimate of drug-likeness (QED) is 0.800. The van der Waals surface area contributed by atoms with Gasteiger partial charge in [-0.2, -0.15) is 5.10 Å². The van der Waals surface area contributed by atoms with E-state index in [4.69, 9.17) is 18.0 Å². The molecule has 9 heteroatoms. The Morgan fingerprint density at radius 2 is 2.15 bits per heavy atom.